The van der Waals surface area contributed by atoms with Gasteiger partial charge in [0, 0.05) is 20.0 Å². The molecule has 2 aliphatic rings. The van der Waals surface area contributed by atoms with E-state index >= 15 is 0 Å². The second kappa shape index (κ2) is 6.76. The van der Waals surface area contributed by atoms with Crippen molar-refractivity contribution in [3.63, 3.8) is 0 Å². The van der Waals surface area contributed by atoms with Gasteiger partial charge < -0.3 is 15.4 Å². The molecule has 0 bridgehead atoms. The van der Waals surface area contributed by atoms with Gasteiger partial charge in [-0.05, 0) is 19.3 Å². The van der Waals surface area contributed by atoms with Gasteiger partial charge in [-0.1, -0.05) is 12.8 Å². The molecule has 2 rings (SSSR count). The Morgan fingerprint density at radius 2 is 2.00 bits per heavy atom. The zero-order valence-electron chi connectivity index (χ0n) is 12.6. The minimum atomic E-state index is -0.712. The summed E-state index contributed by atoms with van der Waals surface area (Å²) in [6, 6.07) is -0.384. The van der Waals surface area contributed by atoms with Crippen molar-refractivity contribution >= 4 is 23.8 Å². The number of carbonyl (C=O) groups is 4. The largest absolute Gasteiger partial charge is 0.456 e. The Balaban J connectivity index is 1.75. The van der Waals surface area contributed by atoms with Gasteiger partial charge in [-0.3, -0.25) is 19.3 Å². The Morgan fingerprint density at radius 3 is 2.64 bits per heavy atom. The summed E-state index contributed by atoms with van der Waals surface area (Å²) in [5.74, 6) is -1.09. The van der Waals surface area contributed by atoms with E-state index in [2.05, 4.69) is 10.6 Å². The van der Waals surface area contributed by atoms with Crippen molar-refractivity contribution in [2.45, 2.75) is 44.1 Å². The highest BCUT2D eigenvalue weighted by atomic mass is 16.5. The van der Waals surface area contributed by atoms with Crippen LogP contribution in [-0.2, 0) is 19.1 Å². The van der Waals surface area contributed by atoms with E-state index in [0.29, 0.717) is 19.3 Å². The summed E-state index contributed by atoms with van der Waals surface area (Å²) in [4.78, 5) is 47.8. The third kappa shape index (κ3) is 3.37. The number of likely N-dealkylation sites (N-methyl/N-ethyl adjacent to an activating group) is 1. The summed E-state index contributed by atoms with van der Waals surface area (Å²) >= 11 is 0. The van der Waals surface area contributed by atoms with Crippen molar-refractivity contribution in [1.29, 1.82) is 0 Å². The van der Waals surface area contributed by atoms with Crippen LogP contribution in [0.4, 0.5) is 4.79 Å². The fourth-order valence-electron chi connectivity index (χ4n) is 2.87. The molecule has 8 nitrogen and oxygen atoms in total. The van der Waals surface area contributed by atoms with Gasteiger partial charge in [0.25, 0.3) is 11.8 Å². The van der Waals surface area contributed by atoms with Crippen molar-refractivity contribution in [1.82, 2.24) is 15.5 Å². The third-order valence-corrected chi connectivity index (χ3v) is 4.11. The second-order valence-corrected chi connectivity index (χ2v) is 5.61. The number of carbonyl (C=O) groups excluding carboxylic acids is 4. The molecule has 0 aromatic rings. The first-order chi connectivity index (χ1) is 10.5. The van der Waals surface area contributed by atoms with Crippen molar-refractivity contribution in [2.75, 3.05) is 20.2 Å². The summed E-state index contributed by atoms with van der Waals surface area (Å²) in [5.41, 5.74) is -0.712. The molecule has 1 aliphatic heterocycles. The highest BCUT2D eigenvalue weighted by molar-refractivity contribution is 6.07. The Kier molecular flexibility index (Phi) is 4.99. The molecule has 1 saturated heterocycles. The minimum absolute atomic E-state index is 0.0566. The van der Waals surface area contributed by atoms with Crippen molar-refractivity contribution in [3.05, 3.63) is 0 Å². The van der Waals surface area contributed by atoms with Crippen molar-refractivity contribution < 1.29 is 23.9 Å². The lowest BCUT2D eigenvalue weighted by molar-refractivity contribution is -0.148. The van der Waals surface area contributed by atoms with Gasteiger partial charge in [-0.25, -0.2) is 4.79 Å². The monoisotopic (exact) mass is 311 g/mol. The maximum atomic E-state index is 12.3. The quantitative estimate of drug-likeness (QED) is 0.527. The molecule has 8 heteroatoms. The molecule has 1 heterocycles. The number of imide groups is 1. The van der Waals surface area contributed by atoms with E-state index in [0.717, 1.165) is 12.8 Å². The summed E-state index contributed by atoms with van der Waals surface area (Å²) in [7, 11) is 1.45. The number of hydrogen-bond acceptors (Lipinski definition) is 5. The molecule has 1 saturated carbocycles. The van der Waals surface area contributed by atoms with Crippen molar-refractivity contribution in [2.24, 2.45) is 0 Å². The minimum Gasteiger partial charge on any atom is -0.456 e. The Hall–Kier alpha value is -2.12. The first-order valence-corrected chi connectivity index (χ1v) is 7.49. The normalized spacial score (nSPS) is 19.4. The predicted molar refractivity (Wildman–Crippen MR) is 75.7 cm³/mol. The van der Waals surface area contributed by atoms with Crippen LogP contribution < -0.4 is 10.6 Å². The van der Waals surface area contributed by atoms with Crippen LogP contribution in [0.5, 0.6) is 0 Å². The molecule has 2 fully saturated rings. The van der Waals surface area contributed by atoms with E-state index in [1.807, 2.05) is 0 Å². The average molecular weight is 311 g/mol. The fourth-order valence-corrected chi connectivity index (χ4v) is 2.87. The van der Waals surface area contributed by atoms with Crippen LogP contribution in [0.25, 0.3) is 0 Å². The highest BCUT2D eigenvalue weighted by Crippen LogP contribution is 2.35. The van der Waals surface area contributed by atoms with Crippen LogP contribution in [0.15, 0.2) is 0 Å². The molecule has 0 aromatic heterocycles. The Morgan fingerprint density at radius 1 is 1.32 bits per heavy atom. The van der Waals surface area contributed by atoms with E-state index < -0.39 is 11.5 Å². The van der Waals surface area contributed by atoms with Crippen LogP contribution in [0, 0.1) is 0 Å². The van der Waals surface area contributed by atoms with Crippen LogP contribution in [0.1, 0.15) is 38.5 Å². The molecule has 1 aliphatic carbocycles. The van der Waals surface area contributed by atoms with Gasteiger partial charge >= 0.3 is 12.0 Å². The van der Waals surface area contributed by atoms with Gasteiger partial charge in [-0.15, -0.1) is 0 Å². The van der Waals surface area contributed by atoms with E-state index in [4.69, 9.17) is 4.74 Å². The molecule has 0 atom stereocenters. The van der Waals surface area contributed by atoms with Gasteiger partial charge in [0.2, 0.25) is 0 Å². The van der Waals surface area contributed by atoms with Gasteiger partial charge in [0.1, 0.15) is 5.54 Å². The van der Waals surface area contributed by atoms with Crippen LogP contribution >= 0.6 is 0 Å². The number of esters is 1. The first kappa shape index (κ1) is 16.3. The maximum absolute atomic E-state index is 12.3. The topological polar surface area (TPSA) is 105 Å². The fraction of sp³-hybridized carbons (Fsp3) is 0.714. The van der Waals surface area contributed by atoms with Crippen LogP contribution in [-0.4, -0.2) is 54.5 Å². The van der Waals surface area contributed by atoms with E-state index in [-0.39, 0.29) is 37.4 Å². The Bertz CT molecular complexity index is 485. The summed E-state index contributed by atoms with van der Waals surface area (Å²) < 4.78 is 4.75. The zero-order chi connectivity index (χ0) is 16.2. The molecule has 122 valence electrons. The van der Waals surface area contributed by atoms with E-state index in [9.17, 15) is 19.2 Å². The highest BCUT2D eigenvalue weighted by Gasteiger charge is 2.51. The lowest BCUT2D eigenvalue weighted by atomic mass is 9.98. The molecule has 4 amide bonds. The van der Waals surface area contributed by atoms with E-state index in [1.165, 1.54) is 11.9 Å². The molecule has 2 N–H and O–H groups in total. The standard InChI is InChI=1S/C14H21N3O5/c1-15-10(18)9-22-11(19)5-4-8-17-12(20)14(16-13(17)21)6-2-3-7-14/h2-9H2,1H3,(H,15,18)(H,16,21). The van der Waals surface area contributed by atoms with Gasteiger partial charge in [0.05, 0.1) is 0 Å². The summed E-state index contributed by atoms with van der Waals surface area (Å²) in [6.45, 7) is -0.136. The molecule has 0 aromatic carbocycles. The number of nitrogens with zero attached hydrogens (tertiary/aromatic N) is 1. The predicted octanol–water partition coefficient (Wildman–Crippen LogP) is -0.0796. The molecule has 0 radical (unpaired) electrons. The molecule has 0 unspecified atom stereocenters. The molecule has 22 heavy (non-hydrogen) atoms. The molecular weight excluding hydrogens is 290 g/mol. The van der Waals surface area contributed by atoms with Crippen molar-refractivity contribution in [3.8, 4) is 0 Å². The lowest BCUT2D eigenvalue weighted by Crippen LogP contribution is -2.44. The summed E-state index contributed by atoms with van der Waals surface area (Å²) in [5, 5.41) is 5.12. The lowest BCUT2D eigenvalue weighted by Gasteiger charge is -2.19. The zero-order valence-corrected chi connectivity index (χ0v) is 12.6. The molecular formula is C14H21N3O5. The number of amides is 4. The van der Waals surface area contributed by atoms with Gasteiger partial charge in [0.15, 0.2) is 6.61 Å². The molecule has 1 spiro atoms. The number of ether oxygens (including phenoxy) is 1. The number of urea groups is 1. The summed E-state index contributed by atoms with van der Waals surface area (Å²) in [6.07, 6.45) is 3.62. The average Bonchev–Trinajstić information content (AvgIpc) is 3.05. The van der Waals surface area contributed by atoms with Crippen LogP contribution in [0.2, 0.25) is 0 Å². The number of hydrogen-bond donors (Lipinski definition) is 2. The Labute approximate surface area is 128 Å². The van der Waals surface area contributed by atoms with Crippen LogP contribution in [0.3, 0.4) is 0 Å². The number of rotatable bonds is 6. The SMILES string of the molecule is CNC(=O)COC(=O)CCCN1C(=O)NC2(CCCC2)C1=O. The smallest absolute Gasteiger partial charge is 0.325 e. The first-order valence-electron chi connectivity index (χ1n) is 7.49. The maximum Gasteiger partial charge on any atom is 0.325 e. The van der Waals surface area contributed by atoms with Gasteiger partial charge in [-0.2, -0.15) is 0 Å². The third-order valence-electron chi connectivity index (χ3n) is 4.11. The number of nitrogens with one attached hydrogen (secondary N) is 2. The van der Waals surface area contributed by atoms with E-state index in [1.54, 1.807) is 0 Å². The second-order valence-electron chi connectivity index (χ2n) is 5.61.